The second-order valence-corrected chi connectivity index (χ2v) is 2.57. The van der Waals surface area contributed by atoms with Gasteiger partial charge in [-0.25, -0.2) is 0 Å². The summed E-state index contributed by atoms with van der Waals surface area (Å²) in [6, 6.07) is 2.66. The van der Waals surface area contributed by atoms with Crippen molar-refractivity contribution in [2.24, 2.45) is 5.73 Å². The van der Waals surface area contributed by atoms with Crippen LogP contribution in [0.15, 0.2) is 16.5 Å². The van der Waals surface area contributed by atoms with Crippen LogP contribution in [0.1, 0.15) is 5.76 Å². The van der Waals surface area contributed by atoms with E-state index in [4.69, 9.17) is 10.2 Å². The number of hydrogen-bond donors (Lipinski definition) is 2. The molecular weight excluding hydrogens is 206 g/mol. The van der Waals surface area contributed by atoms with E-state index in [0.717, 1.165) is 0 Å². The molecule has 1 heterocycles. The number of nitrogens with two attached hydrogens (primary N) is 1. The standard InChI is InChI=1S/C7H9N3O5/c8-6(11)4-14-9-3-5-1-2-7(15-5)10(12)13/h1-2,9H,3-4H2,(H2,8,11). The second-order valence-electron chi connectivity index (χ2n) is 2.57. The first-order chi connectivity index (χ1) is 7.09. The number of nitrogens with one attached hydrogen (secondary N) is 1. The molecule has 0 fully saturated rings. The number of carbonyl (C=O) groups excluding carboxylic acids is 1. The maximum absolute atomic E-state index is 10.2. The zero-order valence-corrected chi connectivity index (χ0v) is 7.63. The monoisotopic (exact) mass is 215 g/mol. The minimum Gasteiger partial charge on any atom is -0.404 e. The second kappa shape index (κ2) is 5.08. The van der Waals surface area contributed by atoms with Crippen molar-refractivity contribution in [3.63, 3.8) is 0 Å². The first-order valence-electron chi connectivity index (χ1n) is 3.95. The number of nitro groups is 1. The van der Waals surface area contributed by atoms with Crippen LogP contribution in [0.3, 0.4) is 0 Å². The largest absolute Gasteiger partial charge is 0.433 e. The maximum Gasteiger partial charge on any atom is 0.433 e. The van der Waals surface area contributed by atoms with Crippen LogP contribution in [-0.4, -0.2) is 17.4 Å². The lowest BCUT2D eigenvalue weighted by molar-refractivity contribution is -0.402. The molecule has 82 valence electrons. The van der Waals surface area contributed by atoms with E-state index in [2.05, 4.69) is 10.3 Å². The van der Waals surface area contributed by atoms with Crippen molar-refractivity contribution >= 4 is 11.8 Å². The molecule has 0 spiro atoms. The summed E-state index contributed by atoms with van der Waals surface area (Å²) in [7, 11) is 0. The van der Waals surface area contributed by atoms with Gasteiger partial charge in [-0.3, -0.25) is 19.7 Å². The van der Waals surface area contributed by atoms with Gasteiger partial charge in [-0.2, -0.15) is 5.48 Å². The zero-order valence-electron chi connectivity index (χ0n) is 7.63. The first-order valence-corrected chi connectivity index (χ1v) is 3.95. The Hall–Kier alpha value is -1.93. The van der Waals surface area contributed by atoms with Gasteiger partial charge in [-0.1, -0.05) is 0 Å². The number of hydrogen-bond acceptors (Lipinski definition) is 6. The Balaban J connectivity index is 2.31. The number of hydroxylamine groups is 1. The van der Waals surface area contributed by atoms with E-state index in [1.54, 1.807) is 0 Å². The number of primary amides is 1. The normalized spacial score (nSPS) is 10.1. The summed E-state index contributed by atoms with van der Waals surface area (Å²) in [5.41, 5.74) is 7.17. The lowest BCUT2D eigenvalue weighted by Gasteiger charge is -2.00. The highest BCUT2D eigenvalue weighted by atomic mass is 16.7. The molecule has 1 aromatic rings. The van der Waals surface area contributed by atoms with Crippen LogP contribution in [-0.2, 0) is 16.2 Å². The molecule has 0 aliphatic heterocycles. The van der Waals surface area contributed by atoms with Crippen molar-refractivity contribution < 1.29 is 19.0 Å². The van der Waals surface area contributed by atoms with Gasteiger partial charge < -0.3 is 10.2 Å². The highest BCUT2D eigenvalue weighted by Crippen LogP contribution is 2.14. The fourth-order valence-corrected chi connectivity index (χ4v) is 0.804. The zero-order chi connectivity index (χ0) is 11.3. The van der Waals surface area contributed by atoms with Gasteiger partial charge in [0, 0.05) is 0 Å². The molecule has 0 saturated carbocycles. The summed E-state index contributed by atoms with van der Waals surface area (Å²) in [6.07, 6.45) is 0. The van der Waals surface area contributed by atoms with Gasteiger partial charge in [0.1, 0.15) is 17.3 Å². The van der Waals surface area contributed by atoms with Crippen molar-refractivity contribution in [2.75, 3.05) is 6.61 Å². The van der Waals surface area contributed by atoms with Crippen molar-refractivity contribution in [2.45, 2.75) is 6.54 Å². The highest BCUT2D eigenvalue weighted by Gasteiger charge is 2.11. The SMILES string of the molecule is NC(=O)CONCc1ccc([N+](=O)[O-])o1. The van der Waals surface area contributed by atoms with Gasteiger partial charge in [0.2, 0.25) is 5.91 Å². The average Bonchev–Trinajstić information content (AvgIpc) is 2.60. The van der Waals surface area contributed by atoms with E-state index < -0.39 is 10.8 Å². The molecule has 1 amide bonds. The predicted molar refractivity (Wildman–Crippen MR) is 47.3 cm³/mol. The molecule has 8 heteroatoms. The Morgan fingerprint density at radius 3 is 2.93 bits per heavy atom. The van der Waals surface area contributed by atoms with Crippen LogP contribution in [0.25, 0.3) is 0 Å². The number of rotatable bonds is 6. The summed E-state index contributed by atoms with van der Waals surface area (Å²) in [4.78, 5) is 24.5. The number of nitrogens with zero attached hydrogens (tertiary/aromatic N) is 1. The van der Waals surface area contributed by atoms with Crippen molar-refractivity contribution in [3.8, 4) is 0 Å². The molecule has 3 N–H and O–H groups in total. The molecule has 15 heavy (non-hydrogen) atoms. The van der Waals surface area contributed by atoms with Crippen molar-refractivity contribution in [1.29, 1.82) is 0 Å². The lowest BCUT2D eigenvalue weighted by Crippen LogP contribution is -2.24. The molecule has 0 unspecified atom stereocenters. The molecule has 0 saturated heterocycles. The van der Waals surface area contributed by atoms with E-state index in [1.165, 1.54) is 12.1 Å². The summed E-state index contributed by atoms with van der Waals surface area (Å²) < 4.78 is 4.79. The van der Waals surface area contributed by atoms with Crippen LogP contribution in [0, 0.1) is 10.1 Å². The van der Waals surface area contributed by atoms with E-state index in [-0.39, 0.29) is 19.0 Å². The van der Waals surface area contributed by atoms with Crippen LogP contribution in [0.5, 0.6) is 0 Å². The molecular formula is C7H9N3O5. The van der Waals surface area contributed by atoms with Crippen LogP contribution in [0.4, 0.5) is 5.88 Å². The molecule has 0 bridgehead atoms. The molecule has 1 aromatic heterocycles. The molecule has 0 aliphatic rings. The quantitative estimate of drug-likeness (QED) is 0.381. The molecule has 0 aliphatic carbocycles. The van der Waals surface area contributed by atoms with E-state index in [1.807, 2.05) is 0 Å². The fourth-order valence-electron chi connectivity index (χ4n) is 0.804. The van der Waals surface area contributed by atoms with Gasteiger partial charge in [-0.15, -0.1) is 0 Å². The van der Waals surface area contributed by atoms with Crippen molar-refractivity contribution in [3.05, 3.63) is 28.0 Å². The summed E-state index contributed by atoms with van der Waals surface area (Å²) in [5, 5.41) is 10.2. The summed E-state index contributed by atoms with van der Waals surface area (Å²) in [6.45, 7) is -0.163. The Kier molecular flexibility index (Phi) is 3.77. The van der Waals surface area contributed by atoms with Gasteiger partial charge in [0.15, 0.2) is 0 Å². The Bertz CT molecular complexity index is 361. The minimum absolute atomic E-state index is 0.112. The number of carbonyl (C=O) groups is 1. The Labute approximate surface area is 84.1 Å². The molecule has 0 radical (unpaired) electrons. The molecule has 8 nitrogen and oxygen atoms in total. The third kappa shape index (κ3) is 3.75. The lowest BCUT2D eigenvalue weighted by atomic mass is 10.4. The van der Waals surface area contributed by atoms with Crippen LogP contribution < -0.4 is 11.2 Å². The number of furan rings is 1. The minimum atomic E-state index is -0.645. The van der Waals surface area contributed by atoms with Crippen LogP contribution in [0.2, 0.25) is 0 Å². The predicted octanol–water partition coefficient (Wildman–Crippen LogP) is -0.306. The first kappa shape index (κ1) is 11.1. The molecule has 0 atom stereocenters. The molecule has 1 rings (SSSR count). The topological polar surface area (TPSA) is 121 Å². The Morgan fingerprint density at radius 2 is 2.40 bits per heavy atom. The highest BCUT2D eigenvalue weighted by molar-refractivity contribution is 5.74. The third-order valence-electron chi connectivity index (χ3n) is 1.39. The maximum atomic E-state index is 10.2. The van der Waals surface area contributed by atoms with Gasteiger partial charge >= 0.3 is 5.88 Å². The molecule has 0 aromatic carbocycles. The summed E-state index contributed by atoms with van der Waals surface area (Å²) >= 11 is 0. The van der Waals surface area contributed by atoms with Gasteiger partial charge in [0.25, 0.3) is 0 Å². The Morgan fingerprint density at radius 1 is 1.67 bits per heavy atom. The van der Waals surface area contributed by atoms with Gasteiger partial charge in [0.05, 0.1) is 12.6 Å². The smallest absolute Gasteiger partial charge is 0.404 e. The third-order valence-corrected chi connectivity index (χ3v) is 1.39. The van der Waals surface area contributed by atoms with E-state index >= 15 is 0 Å². The van der Waals surface area contributed by atoms with Gasteiger partial charge in [-0.05, 0) is 6.07 Å². The van der Waals surface area contributed by atoms with E-state index in [9.17, 15) is 14.9 Å². The summed E-state index contributed by atoms with van der Waals surface area (Å²) in [5.74, 6) is -0.638. The van der Waals surface area contributed by atoms with E-state index in [0.29, 0.717) is 5.76 Å². The average molecular weight is 215 g/mol. The van der Waals surface area contributed by atoms with Crippen molar-refractivity contribution in [1.82, 2.24) is 5.48 Å². The number of amides is 1. The van der Waals surface area contributed by atoms with Crippen LogP contribution >= 0.6 is 0 Å². The fraction of sp³-hybridized carbons (Fsp3) is 0.286.